The Labute approximate surface area is 174 Å². The number of rotatable bonds is 4. The predicted octanol–water partition coefficient (Wildman–Crippen LogP) is 4.83. The van der Waals surface area contributed by atoms with E-state index in [1.807, 2.05) is 83.7 Å². The first-order chi connectivity index (χ1) is 14.7. The van der Waals surface area contributed by atoms with Gasteiger partial charge in [0.05, 0.1) is 17.7 Å². The minimum absolute atomic E-state index is 0.122. The summed E-state index contributed by atoms with van der Waals surface area (Å²) in [6.07, 6.45) is 4.17. The quantitative estimate of drug-likeness (QED) is 0.496. The van der Waals surface area contributed by atoms with E-state index in [1.165, 1.54) is 11.9 Å². The van der Waals surface area contributed by atoms with Gasteiger partial charge in [-0.15, -0.1) is 0 Å². The average molecular weight is 396 g/mol. The Kier molecular flexibility index (Phi) is 4.52. The number of carbonyl (C=O) groups is 1. The first-order valence-corrected chi connectivity index (χ1v) is 9.82. The molecule has 0 saturated heterocycles. The van der Waals surface area contributed by atoms with E-state index in [-0.39, 0.29) is 11.9 Å². The van der Waals surface area contributed by atoms with Crippen molar-refractivity contribution in [3.05, 3.63) is 96.6 Å². The van der Waals surface area contributed by atoms with E-state index in [0.717, 1.165) is 34.0 Å². The third-order valence-corrected chi connectivity index (χ3v) is 5.20. The molecule has 1 amide bonds. The molecule has 2 aromatic heterocycles. The minimum atomic E-state index is -0.254. The topological polar surface area (TPSA) is 63.6 Å². The molecule has 0 radical (unpaired) electrons. The number of aromatic nitrogens is 2. The maximum absolute atomic E-state index is 12.3. The highest BCUT2D eigenvalue weighted by Gasteiger charge is 2.34. The Bertz CT molecular complexity index is 1190. The van der Waals surface area contributed by atoms with Crippen LogP contribution in [0.15, 0.2) is 94.8 Å². The van der Waals surface area contributed by atoms with Gasteiger partial charge in [0.1, 0.15) is 17.5 Å². The van der Waals surface area contributed by atoms with E-state index in [9.17, 15) is 4.79 Å². The first-order valence-electron chi connectivity index (χ1n) is 9.82. The summed E-state index contributed by atoms with van der Waals surface area (Å²) >= 11 is 0. The summed E-state index contributed by atoms with van der Waals surface area (Å²) in [5, 5.41) is 11.0. The summed E-state index contributed by atoms with van der Waals surface area (Å²) in [6.45, 7) is 1.52. The van der Waals surface area contributed by atoms with Gasteiger partial charge in [0.25, 0.3) is 0 Å². The number of nitrogens with zero attached hydrogens (tertiary/aromatic N) is 4. The number of carbonyl (C=O) groups excluding carboxylic acids is 1. The molecule has 1 aliphatic heterocycles. The van der Waals surface area contributed by atoms with Gasteiger partial charge in [0.15, 0.2) is 0 Å². The zero-order valence-corrected chi connectivity index (χ0v) is 16.5. The largest absolute Gasteiger partial charge is 0.467 e. The van der Waals surface area contributed by atoms with Gasteiger partial charge in [-0.2, -0.15) is 10.2 Å². The van der Waals surface area contributed by atoms with E-state index in [0.29, 0.717) is 6.42 Å². The van der Waals surface area contributed by atoms with Crippen molar-refractivity contribution in [1.29, 1.82) is 0 Å². The third kappa shape index (κ3) is 3.22. The van der Waals surface area contributed by atoms with Gasteiger partial charge in [-0.25, -0.2) is 9.69 Å². The molecule has 2 aromatic carbocycles. The first kappa shape index (κ1) is 18.1. The van der Waals surface area contributed by atoms with Crippen molar-refractivity contribution in [2.24, 2.45) is 5.10 Å². The maximum atomic E-state index is 12.3. The summed E-state index contributed by atoms with van der Waals surface area (Å²) in [5.74, 6) is 0.601. The fourth-order valence-corrected chi connectivity index (χ4v) is 3.77. The van der Waals surface area contributed by atoms with Crippen molar-refractivity contribution in [3.8, 4) is 16.9 Å². The van der Waals surface area contributed by atoms with Gasteiger partial charge in [-0.3, -0.25) is 4.79 Å². The molecule has 30 heavy (non-hydrogen) atoms. The minimum Gasteiger partial charge on any atom is -0.467 e. The van der Waals surface area contributed by atoms with Crippen molar-refractivity contribution in [2.75, 3.05) is 0 Å². The Morgan fingerprint density at radius 2 is 1.73 bits per heavy atom. The van der Waals surface area contributed by atoms with Crippen LogP contribution in [0.5, 0.6) is 0 Å². The van der Waals surface area contributed by atoms with E-state index in [4.69, 9.17) is 9.52 Å². The van der Waals surface area contributed by atoms with Crippen molar-refractivity contribution >= 4 is 11.6 Å². The number of hydrogen-bond donors (Lipinski definition) is 0. The number of hydrogen-bond acceptors (Lipinski definition) is 4. The molecule has 1 atom stereocenters. The Hall–Kier alpha value is -3.93. The molecular formula is C24H20N4O2. The van der Waals surface area contributed by atoms with E-state index < -0.39 is 0 Å². The Morgan fingerprint density at radius 1 is 1.00 bits per heavy atom. The summed E-state index contributed by atoms with van der Waals surface area (Å²) < 4.78 is 7.44. The summed E-state index contributed by atoms with van der Waals surface area (Å²) in [6, 6.07) is 23.4. The molecule has 0 fully saturated rings. The van der Waals surface area contributed by atoms with Crippen LogP contribution in [-0.4, -0.2) is 26.4 Å². The molecule has 148 valence electrons. The molecule has 0 unspecified atom stereocenters. The molecule has 4 aromatic rings. The molecule has 6 nitrogen and oxygen atoms in total. The third-order valence-electron chi connectivity index (χ3n) is 5.20. The predicted molar refractivity (Wildman–Crippen MR) is 114 cm³/mol. The zero-order valence-electron chi connectivity index (χ0n) is 16.5. The monoisotopic (exact) mass is 396 g/mol. The zero-order chi connectivity index (χ0) is 20.5. The summed E-state index contributed by atoms with van der Waals surface area (Å²) in [7, 11) is 0. The van der Waals surface area contributed by atoms with Crippen molar-refractivity contribution in [1.82, 2.24) is 14.8 Å². The van der Waals surface area contributed by atoms with Crippen molar-refractivity contribution < 1.29 is 9.21 Å². The van der Waals surface area contributed by atoms with Gasteiger partial charge >= 0.3 is 0 Å². The van der Waals surface area contributed by atoms with Gasteiger partial charge in [0.2, 0.25) is 5.91 Å². The van der Waals surface area contributed by atoms with Crippen LogP contribution in [0.3, 0.4) is 0 Å². The lowest BCUT2D eigenvalue weighted by molar-refractivity contribution is -0.130. The molecular weight excluding hydrogens is 376 g/mol. The van der Waals surface area contributed by atoms with Crippen molar-refractivity contribution in [3.63, 3.8) is 0 Å². The highest BCUT2D eigenvalue weighted by Crippen LogP contribution is 2.35. The molecule has 3 heterocycles. The lowest BCUT2D eigenvalue weighted by Gasteiger charge is -2.17. The lowest BCUT2D eigenvalue weighted by atomic mass is 10.00. The molecule has 0 saturated carbocycles. The van der Waals surface area contributed by atoms with Crippen molar-refractivity contribution in [2.45, 2.75) is 19.4 Å². The molecule has 0 spiro atoms. The molecule has 1 aliphatic rings. The SMILES string of the molecule is CC(=O)N1N=C(c2cn(-c3ccccc3)nc2-c2ccccc2)C[C@@H]1c1ccco1. The van der Waals surface area contributed by atoms with Gasteiger partial charge in [-0.05, 0) is 24.3 Å². The number of para-hydroxylation sites is 1. The number of hydrazone groups is 1. The van der Waals surface area contributed by atoms with Gasteiger partial charge in [-0.1, -0.05) is 48.5 Å². The number of amides is 1. The summed E-state index contributed by atoms with van der Waals surface area (Å²) in [4.78, 5) is 12.3. The summed E-state index contributed by atoms with van der Waals surface area (Å²) in [5.41, 5.74) is 4.52. The average Bonchev–Trinajstić information content (AvgIpc) is 3.53. The molecule has 6 heteroatoms. The van der Waals surface area contributed by atoms with E-state index in [2.05, 4.69) is 5.10 Å². The second kappa shape index (κ2) is 7.48. The standard InChI is InChI=1S/C24H20N4O2/c1-17(29)28-22(23-13-8-14-30-23)15-21(25-28)20-16-27(19-11-6-3-7-12-19)26-24(20)18-9-4-2-5-10-18/h2-14,16,22H,15H2,1H3/t22-/m1/s1. The van der Waals surface area contributed by atoms with Crippen LogP contribution in [0.1, 0.15) is 30.7 Å². The van der Waals surface area contributed by atoms with E-state index in [1.54, 1.807) is 6.26 Å². The van der Waals surface area contributed by atoms with Crippen LogP contribution in [0.4, 0.5) is 0 Å². The highest BCUT2D eigenvalue weighted by molar-refractivity contribution is 6.07. The molecule has 0 aliphatic carbocycles. The van der Waals surface area contributed by atoms with Crippen LogP contribution in [-0.2, 0) is 4.79 Å². The molecule has 0 bridgehead atoms. The van der Waals surface area contributed by atoms with Crippen LogP contribution in [0.25, 0.3) is 16.9 Å². The Morgan fingerprint density at radius 3 is 2.40 bits per heavy atom. The van der Waals surface area contributed by atoms with E-state index >= 15 is 0 Å². The lowest BCUT2D eigenvalue weighted by Crippen LogP contribution is -2.23. The van der Waals surface area contributed by atoms with Crippen LogP contribution >= 0.6 is 0 Å². The normalized spacial score (nSPS) is 16.0. The number of benzene rings is 2. The second-order valence-corrected chi connectivity index (χ2v) is 7.18. The Balaban J connectivity index is 1.62. The smallest absolute Gasteiger partial charge is 0.240 e. The molecule has 0 N–H and O–H groups in total. The van der Waals surface area contributed by atoms with Gasteiger partial charge < -0.3 is 4.42 Å². The van der Waals surface area contributed by atoms with Gasteiger partial charge in [0, 0.05) is 30.7 Å². The fraction of sp³-hybridized carbons (Fsp3) is 0.125. The van der Waals surface area contributed by atoms with Crippen LogP contribution < -0.4 is 0 Å². The van der Waals surface area contributed by atoms with Crippen LogP contribution in [0, 0.1) is 0 Å². The molecule has 5 rings (SSSR count). The second-order valence-electron chi connectivity index (χ2n) is 7.18. The maximum Gasteiger partial charge on any atom is 0.240 e. The highest BCUT2D eigenvalue weighted by atomic mass is 16.3. The number of furan rings is 1. The van der Waals surface area contributed by atoms with Crippen LogP contribution in [0.2, 0.25) is 0 Å². The fourth-order valence-electron chi connectivity index (χ4n) is 3.77.